The summed E-state index contributed by atoms with van der Waals surface area (Å²) in [5.74, 6) is 0.964. The first-order valence-electron chi connectivity index (χ1n) is 8.92. The summed E-state index contributed by atoms with van der Waals surface area (Å²) in [4.78, 5) is 27.7. The molecule has 1 aromatic heterocycles. The zero-order valence-corrected chi connectivity index (χ0v) is 14.8. The Morgan fingerprint density at radius 1 is 1.28 bits per heavy atom. The summed E-state index contributed by atoms with van der Waals surface area (Å²) >= 11 is 0. The number of carbonyl (C=O) groups excluding carboxylic acids is 1. The number of hydrogen-bond acceptors (Lipinski definition) is 3. The molecule has 25 heavy (non-hydrogen) atoms. The van der Waals surface area contributed by atoms with Gasteiger partial charge >= 0.3 is 5.69 Å². The van der Waals surface area contributed by atoms with Crippen molar-refractivity contribution in [1.29, 1.82) is 0 Å². The summed E-state index contributed by atoms with van der Waals surface area (Å²) in [7, 11) is 0. The zero-order chi connectivity index (χ0) is 17.8. The Kier molecular flexibility index (Phi) is 5.31. The van der Waals surface area contributed by atoms with Crippen LogP contribution in [0.25, 0.3) is 0 Å². The van der Waals surface area contributed by atoms with Crippen LogP contribution in [0.1, 0.15) is 43.9 Å². The minimum atomic E-state index is -0.404. The number of nitrogens with one attached hydrogen (secondary N) is 1. The van der Waals surface area contributed by atoms with Crippen LogP contribution in [0.5, 0.6) is 0 Å². The summed E-state index contributed by atoms with van der Waals surface area (Å²) in [5.41, 5.74) is 2.06. The molecule has 1 amide bonds. The Bertz CT molecular complexity index is 776. The molecule has 1 heterocycles. The van der Waals surface area contributed by atoms with Crippen LogP contribution in [-0.4, -0.2) is 15.5 Å². The van der Waals surface area contributed by atoms with Gasteiger partial charge < -0.3 is 5.32 Å². The lowest BCUT2D eigenvalue weighted by molar-refractivity contribution is -0.122. The van der Waals surface area contributed by atoms with Crippen molar-refractivity contribution >= 4 is 5.91 Å². The second-order valence-electron chi connectivity index (χ2n) is 7.25. The van der Waals surface area contributed by atoms with Crippen LogP contribution in [0.3, 0.4) is 0 Å². The van der Waals surface area contributed by atoms with Crippen LogP contribution in [-0.2, 0) is 17.8 Å². The number of nitrogens with zero attached hydrogens (tertiary/aromatic N) is 2. The fourth-order valence-corrected chi connectivity index (χ4v) is 3.12. The second kappa shape index (κ2) is 7.64. The molecule has 3 rings (SSSR count). The van der Waals surface area contributed by atoms with E-state index in [-0.39, 0.29) is 18.5 Å². The molecule has 0 spiro atoms. The van der Waals surface area contributed by atoms with Crippen LogP contribution >= 0.6 is 0 Å². The van der Waals surface area contributed by atoms with Gasteiger partial charge in [-0.15, -0.1) is 0 Å². The lowest BCUT2D eigenvalue weighted by atomic mass is 9.97. The highest BCUT2D eigenvalue weighted by Crippen LogP contribution is 2.41. The van der Waals surface area contributed by atoms with Gasteiger partial charge in [0.2, 0.25) is 5.91 Å². The molecule has 1 N–H and O–H groups in total. The van der Waals surface area contributed by atoms with Crippen LogP contribution in [0.2, 0.25) is 0 Å². The molecule has 1 saturated carbocycles. The van der Waals surface area contributed by atoms with E-state index in [1.807, 2.05) is 0 Å². The highest BCUT2D eigenvalue weighted by Gasteiger charge is 2.33. The summed E-state index contributed by atoms with van der Waals surface area (Å²) in [6.07, 6.45) is 6.34. The molecule has 1 fully saturated rings. The summed E-state index contributed by atoms with van der Waals surface area (Å²) < 4.78 is 1.32. The highest BCUT2D eigenvalue weighted by molar-refractivity contribution is 5.76. The van der Waals surface area contributed by atoms with E-state index in [9.17, 15) is 9.59 Å². The molecular weight excluding hydrogens is 314 g/mol. The average molecular weight is 339 g/mol. The quantitative estimate of drug-likeness (QED) is 0.843. The standard InChI is InChI=1S/C20H25N3O2/c1-14(2)12-15-4-6-16(7-5-15)19(17-8-9-17)22-18(24)13-23-11-3-10-21-20(23)25/h3-7,10-11,14,17,19H,8-9,12-13H2,1-2H3,(H,22,24)/t19-/m0/s1. The molecule has 0 radical (unpaired) electrons. The lowest BCUT2D eigenvalue weighted by Gasteiger charge is -2.19. The molecule has 5 nitrogen and oxygen atoms in total. The maximum absolute atomic E-state index is 12.4. The summed E-state index contributed by atoms with van der Waals surface area (Å²) in [5, 5.41) is 3.10. The van der Waals surface area contributed by atoms with E-state index in [4.69, 9.17) is 0 Å². The maximum Gasteiger partial charge on any atom is 0.347 e. The van der Waals surface area contributed by atoms with Crippen LogP contribution in [0.15, 0.2) is 47.5 Å². The van der Waals surface area contributed by atoms with Crippen molar-refractivity contribution in [2.45, 2.75) is 45.7 Å². The van der Waals surface area contributed by atoms with E-state index in [0.29, 0.717) is 11.8 Å². The van der Waals surface area contributed by atoms with Crippen molar-refractivity contribution < 1.29 is 4.79 Å². The van der Waals surface area contributed by atoms with E-state index in [0.717, 1.165) is 24.8 Å². The Morgan fingerprint density at radius 2 is 2.00 bits per heavy atom. The molecule has 1 aromatic carbocycles. The van der Waals surface area contributed by atoms with Gasteiger partial charge in [0.25, 0.3) is 0 Å². The van der Waals surface area contributed by atoms with E-state index in [1.165, 1.54) is 16.3 Å². The molecule has 1 aliphatic carbocycles. The maximum atomic E-state index is 12.4. The van der Waals surface area contributed by atoms with Crippen molar-refractivity contribution in [3.05, 3.63) is 64.3 Å². The molecule has 132 valence electrons. The highest BCUT2D eigenvalue weighted by atomic mass is 16.2. The first-order chi connectivity index (χ1) is 12.0. The van der Waals surface area contributed by atoms with Gasteiger partial charge in [-0.05, 0) is 48.3 Å². The first-order valence-corrected chi connectivity index (χ1v) is 8.92. The normalized spacial score (nSPS) is 15.2. The predicted molar refractivity (Wildman–Crippen MR) is 97.1 cm³/mol. The number of carbonyl (C=O) groups is 1. The lowest BCUT2D eigenvalue weighted by Crippen LogP contribution is -2.35. The summed E-state index contributed by atoms with van der Waals surface area (Å²) in [6.45, 7) is 4.42. The molecule has 0 saturated heterocycles. The minimum absolute atomic E-state index is 0.00132. The monoisotopic (exact) mass is 339 g/mol. The van der Waals surface area contributed by atoms with Gasteiger partial charge in [0, 0.05) is 12.4 Å². The topological polar surface area (TPSA) is 64.0 Å². The molecule has 0 aliphatic heterocycles. The molecule has 0 bridgehead atoms. The largest absolute Gasteiger partial charge is 0.347 e. The zero-order valence-electron chi connectivity index (χ0n) is 14.8. The van der Waals surface area contributed by atoms with Crippen molar-refractivity contribution in [2.24, 2.45) is 11.8 Å². The van der Waals surface area contributed by atoms with Crippen LogP contribution in [0.4, 0.5) is 0 Å². The van der Waals surface area contributed by atoms with E-state index >= 15 is 0 Å². The summed E-state index contributed by atoms with van der Waals surface area (Å²) in [6, 6.07) is 10.2. The minimum Gasteiger partial charge on any atom is -0.347 e. The molecule has 1 atom stereocenters. The third kappa shape index (κ3) is 4.78. The molecule has 1 aliphatic rings. The Morgan fingerprint density at radius 3 is 2.60 bits per heavy atom. The number of rotatable bonds is 7. The van der Waals surface area contributed by atoms with E-state index in [1.54, 1.807) is 12.3 Å². The van der Waals surface area contributed by atoms with Gasteiger partial charge in [0.1, 0.15) is 6.54 Å². The molecule has 2 aromatic rings. The van der Waals surface area contributed by atoms with E-state index in [2.05, 4.69) is 48.4 Å². The fourth-order valence-electron chi connectivity index (χ4n) is 3.12. The Hall–Kier alpha value is -2.43. The van der Waals surface area contributed by atoms with Gasteiger partial charge in [-0.3, -0.25) is 9.36 Å². The third-order valence-electron chi connectivity index (χ3n) is 4.49. The number of amides is 1. The average Bonchev–Trinajstić information content (AvgIpc) is 3.40. The number of hydrogen-bond donors (Lipinski definition) is 1. The van der Waals surface area contributed by atoms with Crippen molar-refractivity contribution in [3.63, 3.8) is 0 Å². The van der Waals surface area contributed by atoms with Crippen molar-refractivity contribution in [3.8, 4) is 0 Å². The Balaban J connectivity index is 1.68. The van der Waals surface area contributed by atoms with Gasteiger partial charge in [-0.1, -0.05) is 38.1 Å². The smallest absolute Gasteiger partial charge is 0.347 e. The Labute approximate surface area is 148 Å². The number of benzene rings is 1. The van der Waals surface area contributed by atoms with Gasteiger partial charge in [-0.25, -0.2) is 9.78 Å². The van der Waals surface area contributed by atoms with Gasteiger partial charge in [-0.2, -0.15) is 0 Å². The number of aromatic nitrogens is 2. The van der Waals surface area contributed by atoms with Crippen LogP contribution < -0.4 is 11.0 Å². The predicted octanol–water partition coefficient (Wildman–Crippen LogP) is 2.71. The molecule has 5 heteroatoms. The van der Waals surface area contributed by atoms with Gasteiger partial charge in [0.15, 0.2) is 0 Å². The second-order valence-corrected chi connectivity index (χ2v) is 7.25. The van der Waals surface area contributed by atoms with Crippen LogP contribution in [0, 0.1) is 11.8 Å². The molecular formula is C20H25N3O2. The fraction of sp³-hybridized carbons (Fsp3) is 0.450. The van der Waals surface area contributed by atoms with Crippen molar-refractivity contribution in [1.82, 2.24) is 14.9 Å². The van der Waals surface area contributed by atoms with Gasteiger partial charge in [0.05, 0.1) is 6.04 Å². The third-order valence-corrected chi connectivity index (χ3v) is 4.49. The van der Waals surface area contributed by atoms with E-state index < -0.39 is 5.69 Å². The SMILES string of the molecule is CC(C)Cc1ccc([C@H](NC(=O)Cn2cccnc2=O)C2CC2)cc1. The molecule has 0 unspecified atom stereocenters. The van der Waals surface area contributed by atoms with Crippen molar-refractivity contribution in [2.75, 3.05) is 0 Å². The first kappa shape index (κ1) is 17.4.